The van der Waals surface area contributed by atoms with E-state index < -0.39 is 5.82 Å². The number of nitrogens with two attached hydrogens (primary N) is 1. The number of nitrogens with zero attached hydrogens (tertiary/aromatic N) is 1. The third-order valence-corrected chi connectivity index (χ3v) is 3.23. The molecule has 1 atom stereocenters. The van der Waals surface area contributed by atoms with Crippen molar-refractivity contribution in [3.05, 3.63) is 63.6 Å². The van der Waals surface area contributed by atoms with Crippen LogP contribution >= 0.6 is 23.2 Å². The molecule has 0 saturated carbocycles. The monoisotopic (exact) mass is 285 g/mol. The Kier molecular flexibility index (Phi) is 4.14. The first-order valence-electron chi connectivity index (χ1n) is 5.14. The maximum atomic E-state index is 12.8. The molecule has 3 N–H and O–H groups in total. The third kappa shape index (κ3) is 2.79. The van der Waals surface area contributed by atoms with Crippen molar-refractivity contribution >= 4 is 23.2 Å². The van der Waals surface area contributed by atoms with E-state index in [0.29, 0.717) is 15.7 Å². The van der Waals surface area contributed by atoms with Crippen LogP contribution in [0.5, 0.6) is 0 Å². The first kappa shape index (κ1) is 13.2. The van der Waals surface area contributed by atoms with Crippen LogP contribution in [0.1, 0.15) is 17.3 Å². The van der Waals surface area contributed by atoms with Crippen molar-refractivity contribution in [1.29, 1.82) is 0 Å². The fourth-order valence-electron chi connectivity index (χ4n) is 1.60. The van der Waals surface area contributed by atoms with Gasteiger partial charge in [0.1, 0.15) is 5.82 Å². The van der Waals surface area contributed by atoms with Crippen LogP contribution in [-0.2, 0) is 0 Å². The molecule has 18 heavy (non-hydrogen) atoms. The van der Waals surface area contributed by atoms with Gasteiger partial charge in [-0.3, -0.25) is 10.8 Å². The highest BCUT2D eigenvalue weighted by Gasteiger charge is 2.15. The fourth-order valence-corrected chi connectivity index (χ4v) is 1.91. The van der Waals surface area contributed by atoms with Crippen molar-refractivity contribution in [1.82, 2.24) is 10.4 Å². The van der Waals surface area contributed by atoms with Crippen molar-refractivity contribution in [3.63, 3.8) is 0 Å². The van der Waals surface area contributed by atoms with Gasteiger partial charge in [0.2, 0.25) is 0 Å². The molecule has 2 rings (SSSR count). The van der Waals surface area contributed by atoms with Gasteiger partial charge in [-0.25, -0.2) is 9.82 Å². The van der Waals surface area contributed by atoms with Crippen LogP contribution in [0.3, 0.4) is 0 Å². The van der Waals surface area contributed by atoms with Gasteiger partial charge in [0.15, 0.2) is 0 Å². The van der Waals surface area contributed by atoms with Gasteiger partial charge in [-0.05, 0) is 29.8 Å². The maximum Gasteiger partial charge on any atom is 0.141 e. The van der Waals surface area contributed by atoms with Crippen LogP contribution in [0.15, 0.2) is 36.5 Å². The zero-order valence-electron chi connectivity index (χ0n) is 9.20. The van der Waals surface area contributed by atoms with Gasteiger partial charge in [0.25, 0.3) is 0 Å². The Hall–Kier alpha value is -1.20. The highest BCUT2D eigenvalue weighted by molar-refractivity contribution is 6.42. The molecule has 3 nitrogen and oxygen atoms in total. The minimum absolute atomic E-state index is 0.375. The highest BCUT2D eigenvalue weighted by Crippen LogP contribution is 2.27. The third-order valence-electron chi connectivity index (χ3n) is 2.49. The van der Waals surface area contributed by atoms with E-state index in [4.69, 9.17) is 29.0 Å². The summed E-state index contributed by atoms with van der Waals surface area (Å²) in [6.45, 7) is 0. The molecule has 0 bridgehead atoms. The van der Waals surface area contributed by atoms with Crippen molar-refractivity contribution < 1.29 is 4.39 Å². The van der Waals surface area contributed by atoms with Crippen molar-refractivity contribution in [2.24, 2.45) is 5.84 Å². The van der Waals surface area contributed by atoms with Crippen LogP contribution in [0.25, 0.3) is 0 Å². The molecule has 1 heterocycles. The Labute approximate surface area is 114 Å². The number of hydrazine groups is 1. The second-order valence-electron chi connectivity index (χ2n) is 3.67. The standard InChI is InChI=1S/C12H10Cl2FN3/c13-9-3-1-7(5-10(9)14)12(18-16)11-4-2-8(15)6-17-11/h1-6,12,18H,16H2. The second kappa shape index (κ2) is 5.63. The van der Waals surface area contributed by atoms with E-state index in [-0.39, 0.29) is 6.04 Å². The summed E-state index contributed by atoms with van der Waals surface area (Å²) >= 11 is 11.8. The number of rotatable bonds is 3. The number of hydrogen-bond donors (Lipinski definition) is 2. The minimum Gasteiger partial charge on any atom is -0.271 e. The molecular weight excluding hydrogens is 276 g/mol. The molecule has 6 heteroatoms. The van der Waals surface area contributed by atoms with Crippen LogP contribution < -0.4 is 11.3 Å². The lowest BCUT2D eigenvalue weighted by atomic mass is 10.0. The smallest absolute Gasteiger partial charge is 0.141 e. The Morgan fingerprint density at radius 3 is 2.50 bits per heavy atom. The Bertz CT molecular complexity index is 546. The summed E-state index contributed by atoms with van der Waals surface area (Å²) in [5.41, 5.74) is 4.01. The van der Waals surface area contributed by atoms with E-state index in [1.54, 1.807) is 24.3 Å². The van der Waals surface area contributed by atoms with E-state index in [0.717, 1.165) is 11.8 Å². The predicted molar refractivity (Wildman–Crippen MR) is 69.8 cm³/mol. The van der Waals surface area contributed by atoms with Gasteiger partial charge in [-0.2, -0.15) is 0 Å². The van der Waals surface area contributed by atoms with Crippen LogP contribution in [0.4, 0.5) is 4.39 Å². The maximum absolute atomic E-state index is 12.8. The Morgan fingerprint density at radius 1 is 1.17 bits per heavy atom. The largest absolute Gasteiger partial charge is 0.271 e. The number of halogens is 3. The molecule has 1 aromatic carbocycles. The molecule has 0 amide bonds. The minimum atomic E-state index is -0.399. The number of hydrogen-bond acceptors (Lipinski definition) is 3. The highest BCUT2D eigenvalue weighted by atomic mass is 35.5. The summed E-state index contributed by atoms with van der Waals surface area (Å²) in [6.07, 6.45) is 1.14. The number of nitrogens with one attached hydrogen (secondary N) is 1. The summed E-state index contributed by atoms with van der Waals surface area (Å²) in [6, 6.07) is 7.66. The van der Waals surface area contributed by atoms with Gasteiger partial charge >= 0.3 is 0 Å². The molecule has 1 aromatic heterocycles. The average Bonchev–Trinajstić information content (AvgIpc) is 2.37. The SMILES string of the molecule is NNC(c1ccc(Cl)c(Cl)c1)c1ccc(F)cn1. The topological polar surface area (TPSA) is 50.9 Å². The number of aromatic nitrogens is 1. The first-order valence-corrected chi connectivity index (χ1v) is 5.90. The zero-order chi connectivity index (χ0) is 13.1. The normalized spacial score (nSPS) is 12.4. The Balaban J connectivity index is 2.38. The molecule has 0 saturated heterocycles. The second-order valence-corrected chi connectivity index (χ2v) is 4.49. The summed E-state index contributed by atoms with van der Waals surface area (Å²) in [4.78, 5) is 3.98. The van der Waals surface area contributed by atoms with E-state index in [1.165, 1.54) is 6.07 Å². The van der Waals surface area contributed by atoms with Crippen molar-refractivity contribution in [2.75, 3.05) is 0 Å². The van der Waals surface area contributed by atoms with E-state index in [2.05, 4.69) is 10.4 Å². The Morgan fingerprint density at radius 2 is 1.94 bits per heavy atom. The van der Waals surface area contributed by atoms with Gasteiger partial charge < -0.3 is 0 Å². The zero-order valence-corrected chi connectivity index (χ0v) is 10.7. The molecule has 0 fully saturated rings. The molecular formula is C12H10Cl2FN3. The average molecular weight is 286 g/mol. The molecule has 2 aromatic rings. The lowest BCUT2D eigenvalue weighted by molar-refractivity contribution is 0.596. The molecule has 94 valence electrons. The van der Waals surface area contributed by atoms with E-state index in [1.807, 2.05) is 0 Å². The van der Waals surface area contributed by atoms with Gasteiger partial charge in [0, 0.05) is 0 Å². The predicted octanol–water partition coefficient (Wildman–Crippen LogP) is 3.08. The van der Waals surface area contributed by atoms with Gasteiger partial charge in [0.05, 0.1) is 28.0 Å². The summed E-state index contributed by atoms with van der Waals surface area (Å²) in [7, 11) is 0. The summed E-state index contributed by atoms with van der Waals surface area (Å²) in [5, 5.41) is 0.889. The van der Waals surface area contributed by atoms with Crippen molar-refractivity contribution in [2.45, 2.75) is 6.04 Å². The number of benzene rings is 1. The van der Waals surface area contributed by atoms with E-state index in [9.17, 15) is 4.39 Å². The summed E-state index contributed by atoms with van der Waals surface area (Å²) in [5.74, 6) is 5.10. The first-order chi connectivity index (χ1) is 8.61. The lowest BCUT2D eigenvalue weighted by Gasteiger charge is -2.16. The van der Waals surface area contributed by atoms with Gasteiger partial charge in [-0.1, -0.05) is 29.3 Å². The fraction of sp³-hybridized carbons (Fsp3) is 0.0833. The van der Waals surface area contributed by atoms with Crippen LogP contribution in [-0.4, -0.2) is 4.98 Å². The van der Waals surface area contributed by atoms with Gasteiger partial charge in [-0.15, -0.1) is 0 Å². The molecule has 0 radical (unpaired) electrons. The molecule has 0 aliphatic carbocycles. The number of pyridine rings is 1. The quantitative estimate of drug-likeness (QED) is 0.673. The van der Waals surface area contributed by atoms with Crippen molar-refractivity contribution in [3.8, 4) is 0 Å². The molecule has 0 aliphatic heterocycles. The molecule has 0 aliphatic rings. The summed E-state index contributed by atoms with van der Waals surface area (Å²) < 4.78 is 12.8. The lowest BCUT2D eigenvalue weighted by Crippen LogP contribution is -2.29. The van der Waals surface area contributed by atoms with E-state index >= 15 is 0 Å². The van der Waals surface area contributed by atoms with Crippen LogP contribution in [0.2, 0.25) is 10.0 Å². The molecule has 1 unspecified atom stereocenters. The molecule has 0 spiro atoms. The van der Waals surface area contributed by atoms with Crippen LogP contribution in [0, 0.1) is 5.82 Å².